The van der Waals surface area contributed by atoms with Gasteiger partial charge < -0.3 is 33.5 Å². The van der Waals surface area contributed by atoms with Gasteiger partial charge in [-0.1, -0.05) is 0 Å². The molecule has 0 aromatic heterocycles. The number of hydrogen-bond donors (Lipinski definition) is 1. The van der Waals surface area contributed by atoms with E-state index >= 15 is 0 Å². The number of benzene rings is 2. The van der Waals surface area contributed by atoms with E-state index in [1.54, 1.807) is 19.2 Å². The van der Waals surface area contributed by atoms with Gasteiger partial charge in [0, 0.05) is 17.5 Å². The summed E-state index contributed by atoms with van der Waals surface area (Å²) in [7, 11) is 1.54. The average molecular weight is 398 g/mol. The maximum absolute atomic E-state index is 12.8. The lowest BCUT2D eigenvalue weighted by Crippen LogP contribution is -2.50. The Balaban J connectivity index is 1.62. The van der Waals surface area contributed by atoms with Crippen molar-refractivity contribution in [3.63, 3.8) is 0 Å². The van der Waals surface area contributed by atoms with Crippen molar-refractivity contribution in [2.45, 2.75) is 17.9 Å². The molecule has 3 atom stereocenters. The molecule has 3 heterocycles. The molecule has 1 aliphatic carbocycles. The first-order valence-corrected chi connectivity index (χ1v) is 9.39. The van der Waals surface area contributed by atoms with Crippen LogP contribution in [0.5, 0.6) is 28.7 Å². The average Bonchev–Trinajstić information content (AvgIpc) is 3.43. The van der Waals surface area contributed by atoms with E-state index in [0.717, 1.165) is 11.1 Å². The predicted octanol–water partition coefficient (Wildman–Crippen LogP) is 1.74. The maximum Gasteiger partial charge on any atom is 0.339 e. The van der Waals surface area contributed by atoms with Crippen LogP contribution >= 0.6 is 0 Å². The van der Waals surface area contributed by atoms with E-state index in [0.29, 0.717) is 40.7 Å². The van der Waals surface area contributed by atoms with Crippen molar-refractivity contribution in [1.82, 2.24) is 0 Å². The van der Waals surface area contributed by atoms with Gasteiger partial charge in [0.1, 0.15) is 5.75 Å². The van der Waals surface area contributed by atoms with Gasteiger partial charge in [-0.15, -0.1) is 0 Å². The molecule has 3 aliphatic heterocycles. The Kier molecular flexibility index (Phi) is 3.30. The summed E-state index contributed by atoms with van der Waals surface area (Å²) in [6.45, 7) is 0.412. The zero-order chi connectivity index (χ0) is 19.8. The Labute approximate surface area is 165 Å². The van der Waals surface area contributed by atoms with Crippen LogP contribution in [0.2, 0.25) is 0 Å². The normalized spacial score (nSPS) is 28.0. The highest BCUT2D eigenvalue weighted by atomic mass is 16.7. The molecule has 8 heteroatoms. The number of carbonyl (C=O) groups is 1. The Bertz CT molecular complexity index is 1050. The van der Waals surface area contributed by atoms with Crippen LogP contribution in [0, 0.1) is 5.92 Å². The van der Waals surface area contributed by atoms with Crippen molar-refractivity contribution in [2.75, 3.05) is 27.3 Å². The van der Waals surface area contributed by atoms with Crippen LogP contribution in [0.4, 0.5) is 0 Å². The number of cyclic esters (lactones) is 1. The number of esters is 1. The third kappa shape index (κ3) is 2.15. The highest BCUT2D eigenvalue weighted by molar-refractivity contribution is 5.86. The molecule has 4 aliphatic rings. The van der Waals surface area contributed by atoms with Gasteiger partial charge in [-0.05, 0) is 35.7 Å². The number of carbonyl (C=O) groups excluding carboxylic acids is 1. The molecule has 2 aromatic rings. The molecular formula is C21H18O8. The number of rotatable bonds is 2. The molecule has 1 saturated heterocycles. The first-order valence-electron chi connectivity index (χ1n) is 9.39. The predicted molar refractivity (Wildman–Crippen MR) is 96.6 cm³/mol. The highest BCUT2D eigenvalue weighted by Gasteiger charge is 2.60. The summed E-state index contributed by atoms with van der Waals surface area (Å²) in [5.41, 5.74) is 0.667. The number of hydrogen-bond acceptors (Lipinski definition) is 8. The van der Waals surface area contributed by atoms with Gasteiger partial charge in [-0.25, -0.2) is 4.79 Å². The van der Waals surface area contributed by atoms with Gasteiger partial charge in [0.2, 0.25) is 13.6 Å². The van der Waals surface area contributed by atoms with E-state index in [-0.39, 0.29) is 26.1 Å². The van der Waals surface area contributed by atoms with E-state index < -0.39 is 17.5 Å². The molecule has 8 nitrogen and oxygen atoms in total. The fourth-order valence-electron chi connectivity index (χ4n) is 4.85. The lowest BCUT2D eigenvalue weighted by Gasteiger charge is -2.40. The van der Waals surface area contributed by atoms with E-state index in [4.69, 9.17) is 28.4 Å². The Morgan fingerprint density at radius 2 is 1.55 bits per heavy atom. The van der Waals surface area contributed by atoms with Crippen molar-refractivity contribution in [3.05, 3.63) is 41.0 Å². The van der Waals surface area contributed by atoms with Crippen molar-refractivity contribution < 1.29 is 38.3 Å². The van der Waals surface area contributed by atoms with Gasteiger partial charge in [-0.3, -0.25) is 0 Å². The van der Waals surface area contributed by atoms with Gasteiger partial charge >= 0.3 is 5.97 Å². The Morgan fingerprint density at radius 3 is 2.24 bits per heavy atom. The zero-order valence-electron chi connectivity index (χ0n) is 15.6. The van der Waals surface area contributed by atoms with Crippen molar-refractivity contribution in [2.24, 2.45) is 5.92 Å². The molecule has 150 valence electrons. The Hall–Kier alpha value is -3.13. The summed E-state index contributed by atoms with van der Waals surface area (Å²) in [4.78, 5) is 12.8. The fraction of sp³-hybridized carbons (Fsp3) is 0.381. The molecule has 1 fully saturated rings. The highest BCUT2D eigenvalue weighted by Crippen LogP contribution is 2.55. The van der Waals surface area contributed by atoms with E-state index in [1.165, 1.54) is 0 Å². The second kappa shape index (κ2) is 5.70. The van der Waals surface area contributed by atoms with Gasteiger partial charge in [-0.2, -0.15) is 0 Å². The molecular weight excluding hydrogens is 380 g/mol. The summed E-state index contributed by atoms with van der Waals surface area (Å²) in [5.74, 6) is 1.11. The second-order valence-electron chi connectivity index (χ2n) is 7.61. The lowest BCUT2D eigenvalue weighted by molar-refractivity contribution is -0.156. The van der Waals surface area contributed by atoms with E-state index in [1.807, 2.05) is 12.1 Å². The first kappa shape index (κ1) is 16.8. The topological polar surface area (TPSA) is 92.7 Å². The van der Waals surface area contributed by atoms with Crippen LogP contribution in [-0.2, 0) is 16.0 Å². The monoisotopic (exact) mass is 398 g/mol. The fourth-order valence-corrected chi connectivity index (χ4v) is 4.85. The SMILES string of the molecule is COc1cc2c(cc1[C@@H]1c3cc4c(cc3C[C@H]3COC(=O)[C@@]31O)OCO4)OCO2. The molecule has 0 unspecified atom stereocenters. The smallest absolute Gasteiger partial charge is 0.339 e. The van der Waals surface area contributed by atoms with Crippen LogP contribution < -0.4 is 23.7 Å². The minimum absolute atomic E-state index is 0.108. The Morgan fingerprint density at radius 1 is 0.931 bits per heavy atom. The van der Waals surface area contributed by atoms with Crippen LogP contribution in [0.1, 0.15) is 22.6 Å². The lowest BCUT2D eigenvalue weighted by atomic mass is 9.64. The number of methoxy groups -OCH3 is 1. The molecule has 1 N–H and O–H groups in total. The van der Waals surface area contributed by atoms with Crippen LogP contribution in [0.15, 0.2) is 24.3 Å². The van der Waals surface area contributed by atoms with Crippen LogP contribution in [0.3, 0.4) is 0 Å². The molecule has 0 bridgehead atoms. The maximum atomic E-state index is 12.8. The first-order chi connectivity index (χ1) is 14.1. The van der Waals surface area contributed by atoms with Crippen LogP contribution in [-0.4, -0.2) is 44.0 Å². The van der Waals surface area contributed by atoms with Crippen molar-refractivity contribution >= 4 is 5.97 Å². The van der Waals surface area contributed by atoms with Crippen LogP contribution in [0.25, 0.3) is 0 Å². The third-order valence-electron chi connectivity index (χ3n) is 6.25. The van der Waals surface area contributed by atoms with Gasteiger partial charge in [0.25, 0.3) is 0 Å². The number of aliphatic hydroxyl groups is 1. The van der Waals surface area contributed by atoms with Gasteiger partial charge in [0.05, 0.1) is 19.6 Å². The van der Waals surface area contributed by atoms with Gasteiger partial charge in [0.15, 0.2) is 28.6 Å². The summed E-state index contributed by atoms with van der Waals surface area (Å²) in [6, 6.07) is 7.25. The molecule has 0 saturated carbocycles. The molecule has 6 rings (SSSR count). The zero-order valence-corrected chi connectivity index (χ0v) is 15.6. The summed E-state index contributed by atoms with van der Waals surface area (Å²) < 4.78 is 33.0. The standard InChI is InChI=1S/C21H18O8/c1-24-14-6-18-17(28-9-29-18)5-13(14)19-12-4-16-15(26-8-27-16)3-10(12)2-11-7-25-20(22)21(11,19)23/h3-6,11,19,23H,2,7-9H2,1H3/t11-,19-,21+/m0/s1. The summed E-state index contributed by atoms with van der Waals surface area (Å²) in [6.07, 6.45) is 0.498. The molecule has 0 spiro atoms. The third-order valence-corrected chi connectivity index (χ3v) is 6.25. The summed E-state index contributed by atoms with van der Waals surface area (Å²) >= 11 is 0. The minimum atomic E-state index is -1.72. The summed E-state index contributed by atoms with van der Waals surface area (Å²) in [5, 5.41) is 11.7. The van der Waals surface area contributed by atoms with E-state index in [2.05, 4.69) is 0 Å². The quantitative estimate of drug-likeness (QED) is 0.765. The second-order valence-corrected chi connectivity index (χ2v) is 7.61. The molecule has 29 heavy (non-hydrogen) atoms. The van der Waals surface area contributed by atoms with Crippen molar-refractivity contribution in [1.29, 1.82) is 0 Å². The number of fused-ring (bicyclic) bond motifs is 4. The minimum Gasteiger partial charge on any atom is -0.496 e. The molecule has 0 amide bonds. The number of ether oxygens (including phenoxy) is 6. The van der Waals surface area contributed by atoms with Crippen molar-refractivity contribution in [3.8, 4) is 28.7 Å². The van der Waals surface area contributed by atoms with E-state index in [9.17, 15) is 9.90 Å². The molecule has 0 radical (unpaired) electrons. The molecule has 2 aromatic carbocycles. The largest absolute Gasteiger partial charge is 0.496 e.